The van der Waals surface area contributed by atoms with Crippen LogP contribution >= 0.6 is 0 Å². The number of rotatable bonds is 3. The van der Waals surface area contributed by atoms with E-state index < -0.39 is 5.67 Å². The van der Waals surface area contributed by atoms with E-state index in [1.165, 1.54) is 0 Å². The van der Waals surface area contributed by atoms with Crippen LogP contribution in [0.25, 0.3) is 10.8 Å². The van der Waals surface area contributed by atoms with Gasteiger partial charge in [-0.2, -0.15) is 0 Å². The van der Waals surface area contributed by atoms with Gasteiger partial charge in [-0.05, 0) is 17.0 Å². The highest BCUT2D eigenvalue weighted by Gasteiger charge is 2.33. The van der Waals surface area contributed by atoms with E-state index in [1.807, 2.05) is 36.4 Å². The van der Waals surface area contributed by atoms with Crippen molar-refractivity contribution >= 4 is 10.8 Å². The zero-order valence-corrected chi connectivity index (χ0v) is 11.0. The molecule has 2 aromatic carbocycles. The second-order valence-corrected chi connectivity index (χ2v) is 4.77. The second-order valence-electron chi connectivity index (χ2n) is 4.77. The van der Waals surface area contributed by atoms with E-state index in [9.17, 15) is 0 Å². The van der Waals surface area contributed by atoms with Gasteiger partial charge in [0.15, 0.2) is 5.67 Å². The van der Waals surface area contributed by atoms with Crippen LogP contribution in [0.4, 0.5) is 4.39 Å². The summed E-state index contributed by atoms with van der Waals surface area (Å²) in [7, 11) is 0. The summed E-state index contributed by atoms with van der Waals surface area (Å²) in [6.45, 7) is -0.0988. The fourth-order valence-electron chi connectivity index (χ4n) is 2.55. The summed E-state index contributed by atoms with van der Waals surface area (Å²) < 4.78 is 15.6. The first-order valence-electron chi connectivity index (χ1n) is 6.53. The maximum Gasteiger partial charge on any atom is 0.173 e. The van der Waals surface area contributed by atoms with Gasteiger partial charge in [-0.25, -0.2) is 4.39 Å². The lowest BCUT2D eigenvalue weighted by atomic mass is 9.85. The van der Waals surface area contributed by atoms with E-state index in [2.05, 4.69) is 4.98 Å². The van der Waals surface area contributed by atoms with Gasteiger partial charge in [0, 0.05) is 29.9 Å². The Morgan fingerprint density at radius 2 is 1.80 bits per heavy atom. The minimum absolute atomic E-state index is 0.0988. The highest BCUT2D eigenvalue weighted by molar-refractivity contribution is 5.86. The van der Waals surface area contributed by atoms with Crippen LogP contribution in [0, 0.1) is 0 Å². The third-order valence-electron chi connectivity index (χ3n) is 3.62. The highest BCUT2D eigenvalue weighted by atomic mass is 19.1. The Kier molecular flexibility index (Phi) is 3.20. The molecule has 0 fully saturated rings. The summed E-state index contributed by atoms with van der Waals surface area (Å²) in [6.07, 6.45) is 3.41. The van der Waals surface area contributed by atoms with E-state index in [0.717, 1.165) is 10.8 Å². The molecule has 0 bridgehead atoms. The van der Waals surface area contributed by atoms with Gasteiger partial charge in [0.1, 0.15) is 0 Å². The van der Waals surface area contributed by atoms with E-state index in [-0.39, 0.29) is 6.54 Å². The van der Waals surface area contributed by atoms with Gasteiger partial charge in [-0.15, -0.1) is 0 Å². The first-order chi connectivity index (χ1) is 9.75. The predicted octanol–water partition coefficient (Wildman–Crippen LogP) is 3.41. The van der Waals surface area contributed by atoms with Crippen LogP contribution < -0.4 is 5.73 Å². The van der Waals surface area contributed by atoms with Gasteiger partial charge >= 0.3 is 0 Å². The Hall–Kier alpha value is -2.26. The molecule has 0 radical (unpaired) electrons. The molecule has 0 amide bonds. The van der Waals surface area contributed by atoms with E-state index in [1.54, 1.807) is 30.6 Å². The monoisotopic (exact) mass is 266 g/mol. The van der Waals surface area contributed by atoms with Crippen molar-refractivity contribution in [1.29, 1.82) is 0 Å². The first-order valence-corrected chi connectivity index (χ1v) is 6.53. The number of hydrogen-bond donors (Lipinski definition) is 1. The fourth-order valence-corrected chi connectivity index (χ4v) is 2.55. The summed E-state index contributed by atoms with van der Waals surface area (Å²) in [5.41, 5.74) is 5.24. The van der Waals surface area contributed by atoms with Crippen LogP contribution in [0.2, 0.25) is 0 Å². The quantitative estimate of drug-likeness (QED) is 0.789. The standard InChI is InChI=1S/C17H15FN2/c18-17(12-19,14-6-2-1-3-7-14)16-8-4-5-13-11-20-10-9-15(13)16/h1-11H,12,19H2. The van der Waals surface area contributed by atoms with Crippen LogP contribution in [-0.2, 0) is 5.67 Å². The number of benzene rings is 2. The largest absolute Gasteiger partial charge is 0.327 e. The summed E-state index contributed by atoms with van der Waals surface area (Å²) in [6, 6.07) is 16.4. The number of alkyl halides is 1. The van der Waals surface area contributed by atoms with Crippen LogP contribution in [0.3, 0.4) is 0 Å². The van der Waals surface area contributed by atoms with Crippen molar-refractivity contribution in [3.05, 3.63) is 78.1 Å². The molecule has 1 aromatic heterocycles. The molecule has 2 nitrogen and oxygen atoms in total. The number of nitrogens with zero attached hydrogens (tertiary/aromatic N) is 1. The number of halogens is 1. The molecule has 0 saturated carbocycles. The molecule has 100 valence electrons. The second kappa shape index (κ2) is 5.02. The molecule has 20 heavy (non-hydrogen) atoms. The smallest absolute Gasteiger partial charge is 0.173 e. The molecule has 3 aromatic rings. The van der Waals surface area contributed by atoms with Crippen molar-refractivity contribution in [2.24, 2.45) is 5.73 Å². The Morgan fingerprint density at radius 1 is 1.00 bits per heavy atom. The molecule has 0 aliphatic heterocycles. The first kappa shape index (κ1) is 12.8. The Bertz CT molecular complexity index is 722. The number of aromatic nitrogens is 1. The van der Waals surface area contributed by atoms with Crippen molar-refractivity contribution < 1.29 is 4.39 Å². The van der Waals surface area contributed by atoms with Crippen LogP contribution in [0.15, 0.2) is 67.0 Å². The zero-order valence-electron chi connectivity index (χ0n) is 11.0. The lowest BCUT2D eigenvalue weighted by Crippen LogP contribution is -2.31. The molecule has 0 saturated heterocycles. The maximum atomic E-state index is 15.6. The third kappa shape index (κ3) is 1.96. The van der Waals surface area contributed by atoms with Crippen molar-refractivity contribution in [2.75, 3.05) is 6.54 Å². The Balaban J connectivity index is 2.27. The summed E-state index contributed by atoms with van der Waals surface area (Å²) in [4.78, 5) is 4.08. The topological polar surface area (TPSA) is 38.9 Å². The summed E-state index contributed by atoms with van der Waals surface area (Å²) in [5.74, 6) is 0. The molecule has 0 aliphatic carbocycles. The zero-order chi connectivity index (χ0) is 14.0. The molecule has 0 aliphatic rings. The number of pyridine rings is 1. The van der Waals surface area contributed by atoms with E-state index in [0.29, 0.717) is 11.1 Å². The Labute approximate surface area is 117 Å². The van der Waals surface area contributed by atoms with Gasteiger partial charge in [-0.1, -0.05) is 48.5 Å². The predicted molar refractivity (Wildman–Crippen MR) is 79.1 cm³/mol. The lowest BCUT2D eigenvalue weighted by molar-refractivity contribution is 0.235. The molecule has 2 N–H and O–H groups in total. The average Bonchev–Trinajstić information content (AvgIpc) is 2.54. The third-order valence-corrected chi connectivity index (χ3v) is 3.62. The van der Waals surface area contributed by atoms with Crippen molar-refractivity contribution in [3.8, 4) is 0 Å². The molecular formula is C17H15FN2. The number of fused-ring (bicyclic) bond motifs is 1. The van der Waals surface area contributed by atoms with Gasteiger partial charge in [0.05, 0.1) is 0 Å². The van der Waals surface area contributed by atoms with Crippen molar-refractivity contribution in [3.63, 3.8) is 0 Å². The SMILES string of the molecule is NCC(F)(c1ccccc1)c1cccc2cnccc12. The average molecular weight is 266 g/mol. The lowest BCUT2D eigenvalue weighted by Gasteiger charge is -2.26. The van der Waals surface area contributed by atoms with Gasteiger partial charge in [0.2, 0.25) is 0 Å². The normalized spacial score (nSPS) is 14.1. The number of nitrogens with two attached hydrogens (primary N) is 1. The molecular weight excluding hydrogens is 251 g/mol. The summed E-state index contributed by atoms with van der Waals surface area (Å²) in [5, 5.41) is 1.76. The maximum absolute atomic E-state index is 15.6. The molecule has 1 atom stereocenters. The minimum atomic E-state index is -1.69. The number of hydrogen-bond acceptors (Lipinski definition) is 2. The molecule has 3 rings (SSSR count). The minimum Gasteiger partial charge on any atom is -0.327 e. The van der Waals surface area contributed by atoms with Gasteiger partial charge < -0.3 is 5.73 Å². The Morgan fingerprint density at radius 3 is 2.55 bits per heavy atom. The van der Waals surface area contributed by atoms with Crippen LogP contribution in [0.1, 0.15) is 11.1 Å². The van der Waals surface area contributed by atoms with Gasteiger partial charge in [-0.3, -0.25) is 4.98 Å². The van der Waals surface area contributed by atoms with Crippen LogP contribution in [0.5, 0.6) is 0 Å². The highest BCUT2D eigenvalue weighted by Crippen LogP contribution is 2.36. The molecule has 0 spiro atoms. The van der Waals surface area contributed by atoms with Crippen molar-refractivity contribution in [1.82, 2.24) is 4.98 Å². The van der Waals surface area contributed by atoms with Crippen molar-refractivity contribution in [2.45, 2.75) is 5.67 Å². The van der Waals surface area contributed by atoms with Crippen LogP contribution in [-0.4, -0.2) is 11.5 Å². The molecule has 3 heteroatoms. The fraction of sp³-hybridized carbons (Fsp3) is 0.118. The van der Waals surface area contributed by atoms with Gasteiger partial charge in [0.25, 0.3) is 0 Å². The molecule has 1 unspecified atom stereocenters. The van der Waals surface area contributed by atoms with E-state index >= 15 is 4.39 Å². The van der Waals surface area contributed by atoms with E-state index in [4.69, 9.17) is 5.73 Å². The molecule has 1 heterocycles. The summed E-state index contributed by atoms with van der Waals surface area (Å²) >= 11 is 0.